The van der Waals surface area contributed by atoms with Crippen LogP contribution in [0.4, 0.5) is 0 Å². The van der Waals surface area contributed by atoms with Gasteiger partial charge < -0.3 is 4.74 Å². The molecule has 1 radical (unpaired) electrons. The average molecular weight is 73.1 g/mol. The lowest BCUT2D eigenvalue weighted by atomic mass is 11.1. The fraction of sp³-hybridized carbons (Fsp3) is 0.333. The van der Waals surface area contributed by atoms with E-state index in [0.29, 0.717) is 6.26 Å². The van der Waals surface area contributed by atoms with Crippen LogP contribution in [0.1, 0.15) is 0 Å². The number of rotatable bonds is 1. The highest BCUT2D eigenvalue weighted by atomic mass is 16.5. The van der Waals surface area contributed by atoms with Crippen LogP contribution >= 0.6 is 0 Å². The van der Waals surface area contributed by atoms with Gasteiger partial charge in [-0.1, -0.05) is 0 Å². The van der Waals surface area contributed by atoms with Gasteiger partial charge in [0.25, 0.3) is 0 Å². The fourth-order valence-corrected chi connectivity index (χ4v) is 0.0556. The Hall–Kier alpha value is -0.660. The van der Waals surface area contributed by atoms with Gasteiger partial charge >= 0.3 is 0 Å². The molecule has 0 heterocycles. The zero-order valence-corrected chi connectivity index (χ0v) is 2.97. The van der Waals surface area contributed by atoms with Crippen LogP contribution < -0.4 is 0 Å². The van der Waals surface area contributed by atoms with E-state index >= 15 is 0 Å². The summed E-state index contributed by atoms with van der Waals surface area (Å²) < 4.78 is 4.20. The average Bonchev–Trinajstić information content (AvgIpc) is 1.41. The summed E-state index contributed by atoms with van der Waals surface area (Å²) in [4.78, 5) is 0. The first-order valence-corrected chi connectivity index (χ1v) is 1.21. The minimum absolute atomic E-state index is 0.583. The molecule has 0 saturated carbocycles. The van der Waals surface area contributed by atoms with E-state index in [1.807, 2.05) is 0 Å². The Labute approximate surface area is 30.7 Å². The van der Waals surface area contributed by atoms with Crippen molar-refractivity contribution < 1.29 is 9.84 Å². The maximum atomic E-state index is 9.22. The molecule has 0 unspecified atom stereocenters. The molecule has 29 valence electrons. The lowest BCUT2D eigenvalue weighted by Crippen LogP contribution is -1.58. The van der Waals surface area contributed by atoms with Gasteiger partial charge in [-0.2, -0.15) is 0 Å². The normalized spacial score (nSPS) is 9.00. The Morgan fingerprint density at radius 1 is 1.80 bits per heavy atom. The molecule has 0 aromatic carbocycles. The number of hydrogen-bond acceptors (Lipinski definition) is 1. The predicted molar refractivity (Wildman–Crippen MR) is 16.8 cm³/mol. The van der Waals surface area contributed by atoms with Gasteiger partial charge in [0.15, 0.2) is 6.26 Å². The first-order valence-electron chi connectivity index (χ1n) is 1.21. The Morgan fingerprint density at radius 3 is 2.40 bits per heavy atom. The van der Waals surface area contributed by atoms with Crippen LogP contribution in [0.25, 0.3) is 0 Å². The molecule has 2 nitrogen and oxygen atoms in total. The van der Waals surface area contributed by atoms with E-state index in [1.165, 1.54) is 7.11 Å². The predicted octanol–water partition coefficient (Wildman–Crippen LogP) is 0.534. The van der Waals surface area contributed by atoms with Crippen LogP contribution in [-0.4, -0.2) is 7.11 Å². The molecule has 0 aliphatic rings. The largest absolute Gasteiger partial charge is 0.501 e. The fourth-order valence-electron chi connectivity index (χ4n) is 0.0556. The minimum atomic E-state index is 0.583. The van der Waals surface area contributed by atoms with Crippen LogP contribution in [0.15, 0.2) is 12.5 Å². The number of hydrogen-bond donors (Lipinski definition) is 0. The summed E-state index contributed by atoms with van der Waals surface area (Å²) in [5.41, 5.74) is 0. The Balaban J connectivity index is 2.62. The molecule has 0 aliphatic heterocycles. The summed E-state index contributed by atoms with van der Waals surface area (Å²) in [5.74, 6) is 0. The van der Waals surface area contributed by atoms with Gasteiger partial charge in [0, 0.05) is 0 Å². The smallest absolute Gasteiger partial charge is 0.177 e. The third-order valence-electron chi connectivity index (χ3n) is 0.192. The second-order valence-corrected chi connectivity index (χ2v) is 0.508. The van der Waals surface area contributed by atoms with Crippen molar-refractivity contribution in [3.05, 3.63) is 12.5 Å². The van der Waals surface area contributed by atoms with Gasteiger partial charge in [0.05, 0.1) is 7.11 Å². The summed E-state index contributed by atoms with van der Waals surface area (Å²) >= 11 is 0. The van der Waals surface area contributed by atoms with E-state index in [-0.39, 0.29) is 0 Å². The summed E-state index contributed by atoms with van der Waals surface area (Å²) in [6, 6.07) is 0. The van der Waals surface area contributed by atoms with E-state index in [9.17, 15) is 5.11 Å². The Bertz CT molecular complexity index is 31.9. The lowest BCUT2D eigenvalue weighted by Gasteiger charge is -1.74. The topological polar surface area (TPSA) is 29.1 Å². The van der Waals surface area contributed by atoms with Crippen LogP contribution in [0.5, 0.6) is 0 Å². The first-order chi connectivity index (χ1) is 2.41. The Kier molecular flexibility index (Phi) is 2.90. The van der Waals surface area contributed by atoms with Crippen molar-refractivity contribution in [2.75, 3.05) is 7.11 Å². The van der Waals surface area contributed by atoms with Gasteiger partial charge in [0.2, 0.25) is 0 Å². The highest BCUT2D eigenvalue weighted by molar-refractivity contribution is 4.53. The maximum absolute atomic E-state index is 9.22. The summed E-state index contributed by atoms with van der Waals surface area (Å²) in [5, 5.41) is 9.22. The van der Waals surface area contributed by atoms with Crippen molar-refractivity contribution in [1.82, 2.24) is 0 Å². The van der Waals surface area contributed by atoms with Gasteiger partial charge in [-0.25, -0.2) is 0 Å². The summed E-state index contributed by atoms with van der Waals surface area (Å²) in [6.45, 7) is 0. The van der Waals surface area contributed by atoms with Crippen molar-refractivity contribution in [3.63, 3.8) is 0 Å². The van der Waals surface area contributed by atoms with Gasteiger partial charge in [-0.15, -0.1) is 0 Å². The minimum Gasteiger partial charge on any atom is -0.501 e. The second-order valence-electron chi connectivity index (χ2n) is 0.508. The van der Waals surface area contributed by atoms with Gasteiger partial charge in [-0.05, 0) is 0 Å². The highest BCUT2D eigenvalue weighted by Gasteiger charge is 1.52. The molecule has 0 atom stereocenters. The highest BCUT2D eigenvalue weighted by Crippen LogP contribution is 1.61. The number of ether oxygens (including phenoxy) is 1. The van der Waals surface area contributed by atoms with Crippen molar-refractivity contribution in [3.8, 4) is 0 Å². The SMILES string of the molecule is CO/C=C/[O]. The molecule has 2 heteroatoms. The van der Waals surface area contributed by atoms with E-state index < -0.39 is 0 Å². The third kappa shape index (κ3) is 3.34. The van der Waals surface area contributed by atoms with Gasteiger partial charge in [-0.3, -0.25) is 5.11 Å². The molecule has 0 bridgehead atoms. The molecule has 0 aliphatic carbocycles. The molecule has 0 fully saturated rings. The standard InChI is InChI=1S/C3H5O2/c1-5-3-2-4/h2-3H,1H3/b3-2+. The molecule has 0 aromatic heterocycles. The monoisotopic (exact) mass is 73.0 g/mol. The molecule has 0 saturated heterocycles. The molecule has 0 rings (SSSR count). The summed E-state index contributed by atoms with van der Waals surface area (Å²) in [6.07, 6.45) is 1.65. The maximum Gasteiger partial charge on any atom is 0.177 e. The van der Waals surface area contributed by atoms with E-state index in [4.69, 9.17) is 0 Å². The van der Waals surface area contributed by atoms with E-state index in [1.54, 1.807) is 0 Å². The van der Waals surface area contributed by atoms with Crippen LogP contribution in [0.2, 0.25) is 0 Å². The third-order valence-corrected chi connectivity index (χ3v) is 0.192. The molecule has 0 amide bonds. The molecule has 5 heavy (non-hydrogen) atoms. The van der Waals surface area contributed by atoms with Crippen molar-refractivity contribution >= 4 is 0 Å². The van der Waals surface area contributed by atoms with Crippen LogP contribution in [0, 0.1) is 0 Å². The van der Waals surface area contributed by atoms with Crippen LogP contribution in [0.3, 0.4) is 0 Å². The molecular formula is C3H5O2. The quantitative estimate of drug-likeness (QED) is 0.416. The summed E-state index contributed by atoms with van der Waals surface area (Å²) in [7, 11) is 1.42. The number of methoxy groups -OCH3 is 1. The van der Waals surface area contributed by atoms with Crippen molar-refractivity contribution in [1.29, 1.82) is 0 Å². The molecule has 0 spiro atoms. The molecule has 0 aromatic rings. The van der Waals surface area contributed by atoms with E-state index in [2.05, 4.69) is 4.74 Å². The van der Waals surface area contributed by atoms with Crippen LogP contribution in [-0.2, 0) is 9.84 Å². The lowest BCUT2D eigenvalue weighted by molar-refractivity contribution is 0.286. The van der Waals surface area contributed by atoms with Crippen molar-refractivity contribution in [2.45, 2.75) is 0 Å². The zero-order chi connectivity index (χ0) is 4.12. The first kappa shape index (κ1) is 4.34. The second kappa shape index (κ2) is 3.34. The molecule has 0 N–H and O–H groups in total. The Morgan fingerprint density at radius 2 is 2.40 bits per heavy atom. The van der Waals surface area contributed by atoms with Crippen molar-refractivity contribution in [2.24, 2.45) is 0 Å². The van der Waals surface area contributed by atoms with E-state index in [0.717, 1.165) is 6.26 Å². The zero-order valence-electron chi connectivity index (χ0n) is 2.97. The van der Waals surface area contributed by atoms with Gasteiger partial charge in [0.1, 0.15) is 6.26 Å². The molecular weight excluding hydrogens is 68.0 g/mol.